The summed E-state index contributed by atoms with van der Waals surface area (Å²) in [7, 11) is 3.39. The van der Waals surface area contributed by atoms with Crippen LogP contribution in [0.1, 0.15) is 26.2 Å². The molecule has 6 heteroatoms. The fraction of sp³-hybridized carbons (Fsp3) is 0.727. The highest BCUT2D eigenvalue weighted by molar-refractivity contribution is 9.09. The van der Waals surface area contributed by atoms with Crippen LogP contribution in [0.25, 0.3) is 0 Å². The highest BCUT2D eigenvalue weighted by Crippen LogP contribution is 2.03. The molecule has 0 heterocycles. The lowest BCUT2D eigenvalue weighted by Crippen LogP contribution is -2.42. The number of amidine groups is 1. The Hall–Kier alpha value is -0.910. The van der Waals surface area contributed by atoms with Crippen molar-refractivity contribution in [2.45, 2.75) is 26.2 Å². The summed E-state index contributed by atoms with van der Waals surface area (Å²) < 4.78 is 0. The Bertz CT molecular complexity index is 282. The fourth-order valence-corrected chi connectivity index (χ4v) is 1.61. The lowest BCUT2D eigenvalue weighted by molar-refractivity contribution is -0.106. The van der Waals surface area contributed by atoms with E-state index in [1.165, 1.54) is 4.90 Å². The molecule has 0 spiro atoms. The van der Waals surface area contributed by atoms with Gasteiger partial charge in [0, 0.05) is 32.4 Å². The summed E-state index contributed by atoms with van der Waals surface area (Å²) in [6, 6.07) is -0.139. The fourth-order valence-electron chi connectivity index (χ4n) is 1.36. The van der Waals surface area contributed by atoms with Gasteiger partial charge in [0.1, 0.15) is 5.84 Å². The highest BCUT2D eigenvalue weighted by Gasteiger charge is 2.17. The van der Waals surface area contributed by atoms with Crippen molar-refractivity contribution < 1.29 is 9.59 Å². The first kappa shape index (κ1) is 16.1. The summed E-state index contributed by atoms with van der Waals surface area (Å²) >= 11 is 3.32. The molecule has 0 unspecified atom stereocenters. The van der Waals surface area contributed by atoms with Crippen molar-refractivity contribution in [2.24, 2.45) is 4.99 Å². The summed E-state index contributed by atoms with van der Waals surface area (Å²) in [5.74, 6) is 0.512. The van der Waals surface area contributed by atoms with Crippen molar-refractivity contribution >= 4 is 34.2 Å². The Labute approximate surface area is 111 Å². The van der Waals surface area contributed by atoms with Crippen LogP contribution in [-0.2, 0) is 4.79 Å². The summed E-state index contributed by atoms with van der Waals surface area (Å²) in [6.07, 6.45) is 2.83. The molecule has 0 aliphatic heterocycles. The van der Waals surface area contributed by atoms with Crippen LogP contribution >= 0.6 is 15.9 Å². The average Bonchev–Trinajstić information content (AvgIpc) is 2.33. The maximum absolute atomic E-state index is 12.0. The van der Waals surface area contributed by atoms with Gasteiger partial charge in [-0.15, -0.1) is 0 Å². The van der Waals surface area contributed by atoms with Crippen LogP contribution in [0.4, 0.5) is 4.79 Å². The van der Waals surface area contributed by atoms with Crippen LogP contribution in [0, 0.1) is 0 Å². The zero-order valence-electron chi connectivity index (χ0n) is 10.6. The topological polar surface area (TPSA) is 53.0 Å². The molecule has 3 amide bonds. The number of hydrogen-bond acceptors (Lipinski definition) is 2. The van der Waals surface area contributed by atoms with Gasteiger partial charge in [-0.2, -0.15) is 0 Å². The number of carbonyl (C=O) groups is 2. The smallest absolute Gasteiger partial charge is 0.324 e. The Morgan fingerprint density at radius 3 is 2.53 bits per heavy atom. The van der Waals surface area contributed by atoms with E-state index in [1.807, 2.05) is 6.92 Å². The van der Waals surface area contributed by atoms with Gasteiger partial charge >= 0.3 is 6.03 Å². The lowest BCUT2D eigenvalue weighted by atomic mass is 10.3. The number of carbonyl (C=O) groups excluding carboxylic acids is 2. The third kappa shape index (κ3) is 5.81. The van der Waals surface area contributed by atoms with Crippen molar-refractivity contribution in [1.29, 1.82) is 0 Å². The second kappa shape index (κ2) is 9.15. The molecule has 98 valence electrons. The van der Waals surface area contributed by atoms with Crippen molar-refractivity contribution in [3.8, 4) is 0 Å². The third-order valence-electron chi connectivity index (χ3n) is 2.30. The molecule has 0 aliphatic rings. The summed E-state index contributed by atoms with van der Waals surface area (Å²) in [4.78, 5) is 29.2. The number of aliphatic imine (C=N–C) groups is 1. The van der Waals surface area contributed by atoms with Crippen LogP contribution in [0.3, 0.4) is 0 Å². The van der Waals surface area contributed by atoms with Crippen molar-refractivity contribution in [2.75, 3.05) is 26.0 Å². The summed E-state index contributed by atoms with van der Waals surface area (Å²) in [5, 5.41) is 0.860. The van der Waals surface area contributed by atoms with Crippen LogP contribution < -0.4 is 0 Å². The van der Waals surface area contributed by atoms with E-state index in [4.69, 9.17) is 0 Å². The first-order valence-electron chi connectivity index (χ1n) is 5.63. The van der Waals surface area contributed by atoms with Gasteiger partial charge in [0.15, 0.2) is 0 Å². The molecule has 0 aliphatic carbocycles. The van der Waals surface area contributed by atoms with E-state index in [-0.39, 0.29) is 6.03 Å². The molecular weight excluding hydrogens is 286 g/mol. The molecular formula is C11H20BrN3O2. The zero-order chi connectivity index (χ0) is 13.3. The van der Waals surface area contributed by atoms with E-state index in [1.54, 1.807) is 19.0 Å². The third-order valence-corrected chi connectivity index (χ3v) is 2.86. The van der Waals surface area contributed by atoms with Crippen LogP contribution in [0.15, 0.2) is 4.99 Å². The Kier molecular flexibility index (Phi) is 8.66. The molecule has 0 saturated heterocycles. The first-order valence-corrected chi connectivity index (χ1v) is 6.75. The highest BCUT2D eigenvalue weighted by atomic mass is 79.9. The lowest BCUT2D eigenvalue weighted by Gasteiger charge is -2.25. The Morgan fingerprint density at radius 1 is 1.41 bits per heavy atom. The number of hydrogen-bond donors (Lipinski definition) is 0. The van der Waals surface area contributed by atoms with Crippen LogP contribution in [-0.4, -0.2) is 54.0 Å². The molecule has 0 saturated carbocycles. The van der Waals surface area contributed by atoms with Crippen LogP contribution in [0.2, 0.25) is 0 Å². The second-order valence-corrected chi connectivity index (χ2v) is 4.50. The molecule has 0 atom stereocenters. The monoisotopic (exact) mass is 305 g/mol. The number of nitrogens with zero attached hydrogens (tertiary/aromatic N) is 3. The predicted octanol–water partition coefficient (Wildman–Crippen LogP) is 2.11. The van der Waals surface area contributed by atoms with E-state index in [2.05, 4.69) is 20.9 Å². The summed E-state index contributed by atoms with van der Waals surface area (Å²) in [6.45, 7) is 2.65. The second-order valence-electron chi connectivity index (χ2n) is 3.71. The maximum atomic E-state index is 12.0. The average molecular weight is 306 g/mol. The van der Waals surface area contributed by atoms with E-state index in [0.29, 0.717) is 25.2 Å². The molecule has 0 aromatic heterocycles. The molecule has 0 radical (unpaired) electrons. The standard InChI is InChI=1S/C11H20BrN3O2/c1-4-6-10(13-9-16)15(3)11(17)14(2)8-5-7-12/h9H,4-8H2,1-3H3. The molecule has 0 rings (SSSR count). The number of alkyl halides is 1. The maximum Gasteiger partial charge on any atom is 0.324 e. The molecule has 5 nitrogen and oxygen atoms in total. The van der Waals surface area contributed by atoms with Crippen molar-refractivity contribution in [3.05, 3.63) is 0 Å². The minimum Gasteiger partial charge on any atom is -0.327 e. The van der Waals surface area contributed by atoms with Gasteiger partial charge in [0.05, 0.1) is 0 Å². The molecule has 0 fully saturated rings. The molecule has 0 N–H and O–H groups in total. The van der Waals surface area contributed by atoms with Gasteiger partial charge in [0.2, 0.25) is 6.41 Å². The van der Waals surface area contributed by atoms with Gasteiger partial charge < -0.3 is 4.90 Å². The minimum atomic E-state index is -0.139. The van der Waals surface area contributed by atoms with Crippen molar-refractivity contribution in [3.63, 3.8) is 0 Å². The van der Waals surface area contributed by atoms with Crippen molar-refractivity contribution in [1.82, 2.24) is 9.80 Å². The largest absolute Gasteiger partial charge is 0.327 e. The van der Waals surface area contributed by atoms with Gasteiger partial charge in [-0.3, -0.25) is 9.69 Å². The van der Waals surface area contributed by atoms with Gasteiger partial charge in [-0.1, -0.05) is 22.9 Å². The van der Waals surface area contributed by atoms with Gasteiger partial charge in [-0.05, 0) is 12.8 Å². The minimum absolute atomic E-state index is 0.139. The SMILES string of the molecule is CCCC(=NC=O)N(C)C(=O)N(C)CCCBr. The van der Waals surface area contributed by atoms with Crippen LogP contribution in [0.5, 0.6) is 0 Å². The van der Waals surface area contributed by atoms with E-state index in [0.717, 1.165) is 18.2 Å². The van der Waals surface area contributed by atoms with E-state index in [9.17, 15) is 9.59 Å². The Balaban J connectivity index is 4.53. The Morgan fingerprint density at radius 2 is 2.06 bits per heavy atom. The summed E-state index contributed by atoms with van der Waals surface area (Å²) in [5.41, 5.74) is 0. The zero-order valence-corrected chi connectivity index (χ0v) is 12.2. The van der Waals surface area contributed by atoms with E-state index < -0.39 is 0 Å². The number of rotatable bonds is 6. The molecule has 17 heavy (non-hydrogen) atoms. The quantitative estimate of drug-likeness (QED) is 0.327. The van der Waals surface area contributed by atoms with Gasteiger partial charge in [0.25, 0.3) is 0 Å². The molecule has 0 bridgehead atoms. The number of urea groups is 1. The number of halogens is 1. The first-order chi connectivity index (χ1) is 8.08. The number of amides is 3. The van der Waals surface area contributed by atoms with E-state index >= 15 is 0 Å². The van der Waals surface area contributed by atoms with Gasteiger partial charge in [-0.25, -0.2) is 9.79 Å². The molecule has 0 aromatic carbocycles. The molecule has 0 aromatic rings. The normalized spacial score (nSPS) is 11.2. The predicted molar refractivity (Wildman–Crippen MR) is 72.6 cm³/mol.